The fraction of sp³-hybridized carbons (Fsp3) is 0.208. The van der Waals surface area contributed by atoms with Crippen LogP contribution >= 0.6 is 11.6 Å². The van der Waals surface area contributed by atoms with Crippen LogP contribution in [-0.4, -0.2) is 46.8 Å². The number of carbonyl (C=O) groups excluding carboxylic acids is 1. The number of para-hydroxylation sites is 1. The number of amides is 1. The highest BCUT2D eigenvalue weighted by molar-refractivity contribution is 6.30. The molecule has 1 fully saturated rings. The van der Waals surface area contributed by atoms with E-state index in [0.29, 0.717) is 36.1 Å². The summed E-state index contributed by atoms with van der Waals surface area (Å²) in [7, 11) is 0. The van der Waals surface area contributed by atoms with E-state index in [1.165, 1.54) is 0 Å². The molecule has 3 heterocycles. The fourth-order valence-electron chi connectivity index (χ4n) is 3.89. The lowest BCUT2D eigenvalue weighted by molar-refractivity contribution is 0.0946. The number of aromatic nitrogens is 3. The lowest BCUT2D eigenvalue weighted by Crippen LogP contribution is -2.37. The Kier molecular flexibility index (Phi) is 5.75. The highest BCUT2D eigenvalue weighted by atomic mass is 35.5. The standard InChI is InChI=1S/C24H22ClN5O2/c25-19-6-3-5-17(14-19)20-16-27-30-9-8-21(28-23(20)30)24(31)26-15-18-4-1-2-7-22(18)29-10-12-32-13-11-29/h1-9,14,16H,10-13,15H2,(H,26,31). The van der Waals surface area contributed by atoms with E-state index in [2.05, 4.69) is 26.4 Å². The molecular weight excluding hydrogens is 426 g/mol. The predicted octanol–water partition coefficient (Wildman–Crippen LogP) is 3.82. The van der Waals surface area contributed by atoms with E-state index in [4.69, 9.17) is 16.3 Å². The second kappa shape index (κ2) is 8.98. The van der Waals surface area contributed by atoms with Crippen molar-refractivity contribution in [3.8, 4) is 11.1 Å². The van der Waals surface area contributed by atoms with Gasteiger partial charge in [-0.2, -0.15) is 5.10 Å². The molecule has 0 unspecified atom stereocenters. The van der Waals surface area contributed by atoms with Gasteiger partial charge in [0.2, 0.25) is 0 Å². The van der Waals surface area contributed by atoms with E-state index in [9.17, 15) is 4.79 Å². The molecule has 0 spiro atoms. The zero-order valence-corrected chi connectivity index (χ0v) is 18.1. The van der Waals surface area contributed by atoms with Gasteiger partial charge in [0.15, 0.2) is 5.65 Å². The van der Waals surface area contributed by atoms with Gasteiger partial charge in [0.1, 0.15) is 5.69 Å². The first-order chi connectivity index (χ1) is 15.7. The van der Waals surface area contributed by atoms with Crippen molar-refractivity contribution in [2.24, 2.45) is 0 Å². The van der Waals surface area contributed by atoms with Gasteiger partial charge in [-0.25, -0.2) is 9.50 Å². The summed E-state index contributed by atoms with van der Waals surface area (Å²) in [5.41, 5.74) is 4.85. The van der Waals surface area contributed by atoms with Gasteiger partial charge in [0.25, 0.3) is 5.91 Å². The molecule has 0 saturated carbocycles. The molecule has 0 aliphatic carbocycles. The molecule has 2 aromatic carbocycles. The Hall–Kier alpha value is -3.42. The van der Waals surface area contributed by atoms with Crippen LogP contribution < -0.4 is 10.2 Å². The van der Waals surface area contributed by atoms with Crippen molar-refractivity contribution >= 4 is 28.8 Å². The molecule has 5 rings (SSSR count). The Bertz CT molecular complexity index is 1270. The molecule has 1 saturated heterocycles. The summed E-state index contributed by atoms with van der Waals surface area (Å²) in [5, 5.41) is 7.99. The molecule has 0 atom stereocenters. The number of fused-ring (bicyclic) bond motifs is 1. The molecule has 1 aliphatic heterocycles. The smallest absolute Gasteiger partial charge is 0.270 e. The first kappa shape index (κ1) is 20.5. The summed E-state index contributed by atoms with van der Waals surface area (Å²) in [6.45, 7) is 3.53. The molecule has 1 N–H and O–H groups in total. The summed E-state index contributed by atoms with van der Waals surface area (Å²) >= 11 is 6.14. The van der Waals surface area contributed by atoms with Gasteiger partial charge in [0, 0.05) is 42.1 Å². The number of anilines is 1. The maximum absolute atomic E-state index is 12.9. The van der Waals surface area contributed by atoms with Gasteiger partial charge in [-0.15, -0.1) is 0 Å². The van der Waals surface area contributed by atoms with E-state index in [0.717, 1.165) is 35.5 Å². The van der Waals surface area contributed by atoms with Crippen LogP contribution in [0.25, 0.3) is 16.8 Å². The Morgan fingerprint density at radius 2 is 1.94 bits per heavy atom. The Morgan fingerprint density at radius 3 is 2.78 bits per heavy atom. The predicted molar refractivity (Wildman–Crippen MR) is 124 cm³/mol. The quantitative estimate of drug-likeness (QED) is 0.503. The third-order valence-corrected chi connectivity index (χ3v) is 5.76. The first-order valence-electron chi connectivity index (χ1n) is 10.5. The number of hydrogen-bond acceptors (Lipinski definition) is 5. The zero-order chi connectivity index (χ0) is 21.9. The zero-order valence-electron chi connectivity index (χ0n) is 17.4. The summed E-state index contributed by atoms with van der Waals surface area (Å²) in [6.07, 6.45) is 3.47. The van der Waals surface area contributed by atoms with Crippen molar-refractivity contribution in [2.75, 3.05) is 31.2 Å². The lowest BCUT2D eigenvalue weighted by atomic mass is 10.1. The summed E-state index contributed by atoms with van der Waals surface area (Å²) in [6, 6.07) is 17.3. The van der Waals surface area contributed by atoms with E-state index >= 15 is 0 Å². The molecule has 7 nitrogen and oxygen atoms in total. The van der Waals surface area contributed by atoms with Gasteiger partial charge in [0.05, 0.1) is 19.4 Å². The summed E-state index contributed by atoms with van der Waals surface area (Å²) < 4.78 is 7.11. The highest BCUT2D eigenvalue weighted by Gasteiger charge is 2.16. The maximum Gasteiger partial charge on any atom is 0.270 e. The first-order valence-corrected chi connectivity index (χ1v) is 10.9. The molecule has 8 heteroatoms. The second-order valence-corrected chi connectivity index (χ2v) is 8.00. The molecule has 2 aromatic heterocycles. The molecule has 1 aliphatic rings. The number of rotatable bonds is 5. The third kappa shape index (κ3) is 4.17. The number of nitrogens with one attached hydrogen (secondary N) is 1. The minimum absolute atomic E-state index is 0.234. The normalized spacial score (nSPS) is 14.0. The summed E-state index contributed by atoms with van der Waals surface area (Å²) in [5.74, 6) is -0.234. The van der Waals surface area contributed by atoms with Crippen LogP contribution in [0.2, 0.25) is 5.02 Å². The molecule has 1 amide bonds. The van der Waals surface area contributed by atoms with E-state index in [-0.39, 0.29) is 5.91 Å². The van der Waals surface area contributed by atoms with Crippen molar-refractivity contribution in [1.82, 2.24) is 19.9 Å². The van der Waals surface area contributed by atoms with Crippen LogP contribution in [0.3, 0.4) is 0 Å². The van der Waals surface area contributed by atoms with Crippen molar-refractivity contribution in [2.45, 2.75) is 6.54 Å². The Balaban J connectivity index is 1.36. The monoisotopic (exact) mass is 447 g/mol. The number of nitrogens with zero attached hydrogens (tertiary/aromatic N) is 4. The molecule has 0 radical (unpaired) electrons. The van der Waals surface area contributed by atoms with Gasteiger partial charge in [-0.1, -0.05) is 41.9 Å². The van der Waals surface area contributed by atoms with Gasteiger partial charge >= 0.3 is 0 Å². The average Bonchev–Trinajstić information content (AvgIpc) is 3.26. The van der Waals surface area contributed by atoms with Crippen LogP contribution in [-0.2, 0) is 11.3 Å². The van der Waals surface area contributed by atoms with Crippen molar-refractivity contribution in [3.05, 3.63) is 83.3 Å². The number of carbonyl (C=O) groups is 1. The molecule has 32 heavy (non-hydrogen) atoms. The summed E-state index contributed by atoms with van der Waals surface area (Å²) in [4.78, 5) is 19.8. The number of halogens is 1. The lowest BCUT2D eigenvalue weighted by Gasteiger charge is -2.30. The third-order valence-electron chi connectivity index (χ3n) is 5.52. The average molecular weight is 448 g/mol. The molecule has 0 bridgehead atoms. The largest absolute Gasteiger partial charge is 0.378 e. The van der Waals surface area contributed by atoms with Crippen molar-refractivity contribution in [1.29, 1.82) is 0 Å². The van der Waals surface area contributed by atoms with Crippen LogP contribution in [0, 0.1) is 0 Å². The second-order valence-electron chi connectivity index (χ2n) is 7.56. The SMILES string of the molecule is O=C(NCc1ccccc1N1CCOCC1)c1ccn2ncc(-c3cccc(Cl)c3)c2n1. The van der Waals surface area contributed by atoms with Crippen LogP contribution in [0.4, 0.5) is 5.69 Å². The minimum atomic E-state index is -0.234. The fourth-order valence-corrected chi connectivity index (χ4v) is 4.08. The topological polar surface area (TPSA) is 71.8 Å². The molecular formula is C24H22ClN5O2. The van der Waals surface area contributed by atoms with Crippen molar-refractivity contribution in [3.63, 3.8) is 0 Å². The molecule has 162 valence electrons. The number of morpholine rings is 1. The number of benzene rings is 2. The van der Waals surface area contributed by atoms with Gasteiger partial charge in [-0.3, -0.25) is 4.79 Å². The van der Waals surface area contributed by atoms with Crippen LogP contribution in [0.15, 0.2) is 67.0 Å². The number of ether oxygens (including phenoxy) is 1. The number of hydrogen-bond donors (Lipinski definition) is 1. The van der Waals surface area contributed by atoms with Crippen LogP contribution in [0.1, 0.15) is 16.1 Å². The van der Waals surface area contributed by atoms with Crippen LogP contribution in [0.5, 0.6) is 0 Å². The minimum Gasteiger partial charge on any atom is -0.378 e. The Labute approximate surface area is 190 Å². The maximum atomic E-state index is 12.9. The molecule has 4 aromatic rings. The van der Waals surface area contributed by atoms with E-state index in [1.807, 2.05) is 42.5 Å². The van der Waals surface area contributed by atoms with Crippen molar-refractivity contribution < 1.29 is 9.53 Å². The Morgan fingerprint density at radius 1 is 1.09 bits per heavy atom. The van der Waals surface area contributed by atoms with Gasteiger partial charge < -0.3 is 15.0 Å². The van der Waals surface area contributed by atoms with E-state index in [1.54, 1.807) is 23.0 Å². The highest BCUT2D eigenvalue weighted by Crippen LogP contribution is 2.26. The van der Waals surface area contributed by atoms with Gasteiger partial charge in [-0.05, 0) is 35.4 Å². The van der Waals surface area contributed by atoms with E-state index < -0.39 is 0 Å².